The highest BCUT2D eigenvalue weighted by atomic mass is 19.4. The van der Waals surface area contributed by atoms with Crippen LogP contribution in [0.5, 0.6) is 11.5 Å². The first-order valence-electron chi connectivity index (χ1n) is 13.8. The lowest BCUT2D eigenvalue weighted by molar-refractivity contribution is -0.274. The van der Waals surface area contributed by atoms with Gasteiger partial charge in [-0.15, -0.1) is 13.2 Å². The van der Waals surface area contributed by atoms with Crippen LogP contribution >= 0.6 is 0 Å². The molecule has 3 aromatic carbocycles. The molecule has 0 N–H and O–H groups in total. The normalized spacial score (nSPS) is 11.7. The summed E-state index contributed by atoms with van der Waals surface area (Å²) in [6, 6.07) is 22.4. The summed E-state index contributed by atoms with van der Waals surface area (Å²) < 4.78 is 94.9. The molecule has 2 aromatic heterocycles. The molecule has 238 valence electrons. The highest BCUT2D eigenvalue weighted by molar-refractivity contribution is 5.90. The van der Waals surface area contributed by atoms with Crippen molar-refractivity contribution in [1.29, 1.82) is 0 Å². The first-order valence-corrected chi connectivity index (χ1v) is 13.8. The zero-order valence-electron chi connectivity index (χ0n) is 24.3. The van der Waals surface area contributed by atoms with E-state index in [1.165, 1.54) is 43.3 Å². The van der Waals surface area contributed by atoms with E-state index in [0.29, 0.717) is 27.3 Å². The predicted molar refractivity (Wildman–Crippen MR) is 155 cm³/mol. The molecule has 0 fully saturated rings. The molecule has 13 heteroatoms. The number of benzene rings is 3. The monoisotopic (exact) mass is 641 g/mol. The van der Waals surface area contributed by atoms with Gasteiger partial charge in [0.25, 0.3) is 0 Å². The molecule has 0 spiro atoms. The smallest absolute Gasteiger partial charge is 0.488 e. The number of esters is 1. The summed E-state index contributed by atoms with van der Waals surface area (Å²) in [6.07, 6.45) is -8.89. The lowest BCUT2D eigenvalue weighted by Gasteiger charge is -2.15. The number of alkyl halides is 6. The number of hydrogen-bond acceptors (Lipinski definition) is 6. The number of ether oxygens (including phenoxy) is 3. The van der Waals surface area contributed by atoms with Crippen LogP contribution < -0.4 is 9.47 Å². The Balaban J connectivity index is 1.37. The number of hydrogen-bond donors (Lipinski definition) is 0. The van der Waals surface area contributed by atoms with Gasteiger partial charge in [-0.3, -0.25) is 0 Å². The van der Waals surface area contributed by atoms with Crippen molar-refractivity contribution in [2.75, 3.05) is 6.61 Å². The summed E-state index contributed by atoms with van der Waals surface area (Å²) in [5.41, 5.74) is 1.96. The van der Waals surface area contributed by atoms with Gasteiger partial charge >= 0.3 is 18.5 Å². The third-order valence-electron chi connectivity index (χ3n) is 6.79. The number of rotatable bonds is 9. The van der Waals surface area contributed by atoms with E-state index in [1.54, 1.807) is 30.3 Å². The SMILES string of the molecule is CCOC(=O)c1cnn(-c2cccc(-c3ccccc3OCc3ccc(-c4ccc(OC(F)(F)F)cc4)cc3C)n2)c1C(F)(F)F. The molecule has 0 atom stereocenters. The minimum atomic E-state index is -4.92. The zero-order valence-corrected chi connectivity index (χ0v) is 24.3. The van der Waals surface area contributed by atoms with Crippen molar-refractivity contribution in [1.82, 2.24) is 14.8 Å². The van der Waals surface area contributed by atoms with E-state index in [1.807, 2.05) is 25.1 Å². The molecule has 0 aliphatic rings. The maximum absolute atomic E-state index is 14.0. The molecule has 0 saturated heterocycles. The van der Waals surface area contributed by atoms with Crippen LogP contribution in [0, 0.1) is 6.92 Å². The number of aryl methyl sites for hydroxylation is 1. The standard InChI is InChI=1S/C33H25F6N3O4/c1-3-44-31(43)26-18-40-42(30(26)32(34,35)36)29-10-6-8-27(41-29)25-7-4-5-9-28(25)45-19-23-12-11-22(17-20(23)2)21-13-15-24(16-14-21)46-33(37,38)39/h4-18H,3,19H2,1-2H3. The number of pyridine rings is 1. The van der Waals surface area contributed by atoms with Crippen molar-refractivity contribution < 1.29 is 45.3 Å². The Morgan fingerprint density at radius 3 is 2.26 bits per heavy atom. The molecule has 0 amide bonds. The quantitative estimate of drug-likeness (QED) is 0.119. The third-order valence-corrected chi connectivity index (χ3v) is 6.79. The number of carbonyl (C=O) groups is 1. The molecule has 5 aromatic rings. The first kappa shape index (κ1) is 32.1. The Bertz CT molecular complexity index is 1850. The lowest BCUT2D eigenvalue weighted by Crippen LogP contribution is -2.19. The molecular formula is C33H25F6N3O4. The van der Waals surface area contributed by atoms with Crippen molar-refractivity contribution in [3.05, 3.63) is 114 Å². The van der Waals surface area contributed by atoms with E-state index >= 15 is 0 Å². The van der Waals surface area contributed by atoms with Crippen molar-refractivity contribution in [3.8, 4) is 39.7 Å². The third kappa shape index (κ3) is 7.31. The highest BCUT2D eigenvalue weighted by Gasteiger charge is 2.41. The van der Waals surface area contributed by atoms with Gasteiger partial charge in [0.1, 0.15) is 23.7 Å². The molecule has 2 heterocycles. The molecule has 0 bridgehead atoms. The minimum Gasteiger partial charge on any atom is -0.488 e. The molecular weight excluding hydrogens is 616 g/mol. The topological polar surface area (TPSA) is 75.5 Å². The number of nitrogens with zero attached hydrogens (tertiary/aromatic N) is 3. The van der Waals surface area contributed by atoms with E-state index < -0.39 is 29.8 Å². The van der Waals surface area contributed by atoms with Crippen LogP contribution in [0.4, 0.5) is 26.3 Å². The predicted octanol–water partition coefficient (Wildman–Crippen LogP) is 8.58. The van der Waals surface area contributed by atoms with Gasteiger partial charge in [-0.25, -0.2) is 14.5 Å². The van der Waals surface area contributed by atoms with E-state index in [2.05, 4.69) is 14.8 Å². The number of para-hydroxylation sites is 1. The van der Waals surface area contributed by atoms with Crippen molar-refractivity contribution in [2.24, 2.45) is 0 Å². The van der Waals surface area contributed by atoms with Crippen LogP contribution in [-0.2, 0) is 17.5 Å². The van der Waals surface area contributed by atoms with Crippen LogP contribution in [0.2, 0.25) is 0 Å². The molecule has 0 unspecified atom stereocenters. The van der Waals surface area contributed by atoms with Crippen LogP contribution in [0.25, 0.3) is 28.2 Å². The Morgan fingerprint density at radius 2 is 1.59 bits per heavy atom. The molecule has 46 heavy (non-hydrogen) atoms. The van der Waals surface area contributed by atoms with Gasteiger partial charge in [0.05, 0.1) is 18.5 Å². The van der Waals surface area contributed by atoms with E-state index in [4.69, 9.17) is 9.47 Å². The average molecular weight is 642 g/mol. The van der Waals surface area contributed by atoms with Gasteiger partial charge < -0.3 is 14.2 Å². The Kier molecular flexibility index (Phi) is 9.03. The van der Waals surface area contributed by atoms with Gasteiger partial charge in [-0.1, -0.05) is 48.5 Å². The van der Waals surface area contributed by atoms with E-state index in [-0.39, 0.29) is 24.8 Å². The first-order chi connectivity index (χ1) is 21.8. The second-order valence-corrected chi connectivity index (χ2v) is 9.92. The highest BCUT2D eigenvalue weighted by Crippen LogP contribution is 2.35. The molecule has 5 rings (SSSR count). The summed E-state index contributed by atoms with van der Waals surface area (Å²) in [6.45, 7) is 3.39. The summed E-state index contributed by atoms with van der Waals surface area (Å²) in [5, 5.41) is 3.80. The molecule has 0 saturated carbocycles. The van der Waals surface area contributed by atoms with Gasteiger partial charge in [-0.05, 0) is 72.5 Å². The summed E-state index contributed by atoms with van der Waals surface area (Å²) in [5.74, 6) is -1.21. The molecule has 0 aliphatic carbocycles. The maximum atomic E-state index is 14.0. The summed E-state index contributed by atoms with van der Waals surface area (Å²) in [4.78, 5) is 16.6. The van der Waals surface area contributed by atoms with Gasteiger partial charge in [0, 0.05) is 5.56 Å². The van der Waals surface area contributed by atoms with Gasteiger partial charge in [-0.2, -0.15) is 18.3 Å². The molecule has 7 nitrogen and oxygen atoms in total. The second kappa shape index (κ2) is 13.0. The average Bonchev–Trinajstić information content (AvgIpc) is 3.47. The van der Waals surface area contributed by atoms with Gasteiger partial charge in [0.2, 0.25) is 0 Å². The maximum Gasteiger partial charge on any atom is 0.573 e. The Hall–Kier alpha value is -5.33. The second-order valence-electron chi connectivity index (χ2n) is 9.92. The van der Waals surface area contributed by atoms with Crippen LogP contribution in [-0.4, -0.2) is 33.7 Å². The minimum absolute atomic E-state index is 0.104. The van der Waals surface area contributed by atoms with Crippen LogP contribution in [0.15, 0.2) is 91.1 Å². The van der Waals surface area contributed by atoms with E-state index in [0.717, 1.165) is 22.9 Å². The number of carbonyl (C=O) groups excluding carboxylic acids is 1. The van der Waals surface area contributed by atoms with Crippen molar-refractivity contribution >= 4 is 5.97 Å². The Morgan fingerprint density at radius 1 is 0.870 bits per heavy atom. The van der Waals surface area contributed by atoms with Crippen molar-refractivity contribution in [3.63, 3.8) is 0 Å². The fourth-order valence-electron chi connectivity index (χ4n) is 4.69. The Labute approximate surface area is 259 Å². The lowest BCUT2D eigenvalue weighted by atomic mass is 10.00. The summed E-state index contributed by atoms with van der Waals surface area (Å²) in [7, 11) is 0. The molecule has 0 aliphatic heterocycles. The van der Waals surface area contributed by atoms with Gasteiger partial charge in [0.15, 0.2) is 11.5 Å². The van der Waals surface area contributed by atoms with Crippen LogP contribution in [0.1, 0.15) is 34.1 Å². The molecule has 0 radical (unpaired) electrons. The van der Waals surface area contributed by atoms with Crippen molar-refractivity contribution in [2.45, 2.75) is 33.0 Å². The van der Waals surface area contributed by atoms with Crippen LogP contribution in [0.3, 0.4) is 0 Å². The largest absolute Gasteiger partial charge is 0.573 e. The number of halogens is 6. The fourth-order valence-corrected chi connectivity index (χ4v) is 4.69. The van der Waals surface area contributed by atoms with E-state index in [9.17, 15) is 31.1 Å². The zero-order chi connectivity index (χ0) is 33.1. The summed E-state index contributed by atoms with van der Waals surface area (Å²) >= 11 is 0. The fraction of sp³-hybridized carbons (Fsp3) is 0.182. The number of aromatic nitrogens is 3.